The van der Waals surface area contributed by atoms with Crippen LogP contribution >= 0.6 is 11.3 Å². The smallest absolute Gasteiger partial charge is 0.242 e. The lowest BCUT2D eigenvalue weighted by atomic mass is 10.3. The van der Waals surface area contributed by atoms with Gasteiger partial charge in [-0.25, -0.2) is 4.99 Å². The molecule has 0 aliphatic carbocycles. The van der Waals surface area contributed by atoms with Crippen molar-refractivity contribution in [1.29, 1.82) is 0 Å². The Hall–Kier alpha value is -3.26. The van der Waals surface area contributed by atoms with E-state index in [-0.39, 0.29) is 18.6 Å². The number of anilines is 1. The van der Waals surface area contributed by atoms with Gasteiger partial charge in [0.05, 0.1) is 18.9 Å². The second-order valence-electron chi connectivity index (χ2n) is 7.09. The van der Waals surface area contributed by atoms with E-state index in [4.69, 9.17) is 9.15 Å². The molecule has 0 bridgehead atoms. The monoisotopic (exact) mass is 440 g/mol. The molecule has 1 aromatic carbocycles. The minimum atomic E-state index is -0.184. The zero-order valence-electron chi connectivity index (χ0n) is 17.8. The van der Waals surface area contributed by atoms with Gasteiger partial charge in [0.1, 0.15) is 18.1 Å². The molecule has 2 aromatic heterocycles. The summed E-state index contributed by atoms with van der Waals surface area (Å²) in [6.45, 7) is 5.03. The molecule has 8 heteroatoms. The van der Waals surface area contributed by atoms with Crippen LogP contribution in [0.2, 0.25) is 0 Å². The number of benzene rings is 1. The second-order valence-corrected chi connectivity index (χ2v) is 8.13. The van der Waals surface area contributed by atoms with Crippen LogP contribution in [-0.2, 0) is 17.8 Å². The number of ether oxygens (including phenoxy) is 1. The van der Waals surface area contributed by atoms with E-state index in [1.807, 2.05) is 50.2 Å². The van der Waals surface area contributed by atoms with Crippen LogP contribution in [0.25, 0.3) is 0 Å². The maximum atomic E-state index is 12.2. The van der Waals surface area contributed by atoms with E-state index in [1.165, 1.54) is 4.88 Å². The number of hydrogen-bond donors (Lipinski definition) is 3. The zero-order valence-corrected chi connectivity index (χ0v) is 18.6. The number of carbonyl (C=O) groups is 1. The highest BCUT2D eigenvalue weighted by atomic mass is 32.1. The van der Waals surface area contributed by atoms with Crippen molar-refractivity contribution in [2.24, 2.45) is 4.99 Å². The number of aliphatic imine (C=N–C) groups is 1. The molecule has 7 nitrogen and oxygen atoms in total. The van der Waals surface area contributed by atoms with Crippen LogP contribution < -0.4 is 20.7 Å². The molecule has 3 aromatic rings. The van der Waals surface area contributed by atoms with Gasteiger partial charge in [0, 0.05) is 17.1 Å². The summed E-state index contributed by atoms with van der Waals surface area (Å²) in [7, 11) is 0. The number of nitrogens with zero attached hydrogens (tertiary/aromatic N) is 1. The summed E-state index contributed by atoms with van der Waals surface area (Å²) in [5.74, 6) is 1.87. The van der Waals surface area contributed by atoms with Gasteiger partial charge in [-0.3, -0.25) is 4.79 Å². The normalized spacial score (nSPS) is 11.4. The van der Waals surface area contributed by atoms with E-state index >= 15 is 0 Å². The molecule has 0 aliphatic heterocycles. The SMILES string of the molecule is CC(C)Oc1ccc(NC(=NCC(=O)NCc2ccco2)NCCc2cccs2)cc1. The largest absolute Gasteiger partial charge is 0.491 e. The molecule has 0 fully saturated rings. The second kappa shape index (κ2) is 11.8. The lowest BCUT2D eigenvalue weighted by Crippen LogP contribution is -2.34. The van der Waals surface area contributed by atoms with Gasteiger partial charge in [-0.1, -0.05) is 6.07 Å². The summed E-state index contributed by atoms with van der Waals surface area (Å²) >= 11 is 1.72. The van der Waals surface area contributed by atoms with E-state index in [2.05, 4.69) is 32.4 Å². The molecule has 0 spiro atoms. The van der Waals surface area contributed by atoms with Crippen molar-refractivity contribution >= 4 is 28.9 Å². The number of hydrogen-bond acceptors (Lipinski definition) is 5. The fourth-order valence-corrected chi connectivity index (χ4v) is 3.44. The Kier molecular flexibility index (Phi) is 8.54. The van der Waals surface area contributed by atoms with Crippen LogP contribution in [0.1, 0.15) is 24.5 Å². The first-order valence-corrected chi connectivity index (χ1v) is 11.1. The maximum Gasteiger partial charge on any atom is 0.242 e. The van der Waals surface area contributed by atoms with Crippen molar-refractivity contribution in [3.63, 3.8) is 0 Å². The van der Waals surface area contributed by atoms with Gasteiger partial charge in [0.25, 0.3) is 0 Å². The highest BCUT2D eigenvalue weighted by molar-refractivity contribution is 7.09. The fourth-order valence-electron chi connectivity index (χ4n) is 2.73. The third-order valence-electron chi connectivity index (χ3n) is 4.15. The molecule has 0 atom stereocenters. The predicted molar refractivity (Wildman–Crippen MR) is 125 cm³/mol. The number of nitrogens with one attached hydrogen (secondary N) is 3. The first-order valence-electron chi connectivity index (χ1n) is 10.2. The highest BCUT2D eigenvalue weighted by Crippen LogP contribution is 2.17. The summed E-state index contributed by atoms with van der Waals surface area (Å²) in [4.78, 5) is 17.9. The Morgan fingerprint density at radius 3 is 2.65 bits per heavy atom. The number of carbonyl (C=O) groups excluding carboxylic acids is 1. The van der Waals surface area contributed by atoms with Gasteiger partial charge in [-0.2, -0.15) is 0 Å². The minimum Gasteiger partial charge on any atom is -0.491 e. The number of thiophene rings is 1. The van der Waals surface area contributed by atoms with E-state index in [0.29, 0.717) is 24.8 Å². The van der Waals surface area contributed by atoms with E-state index in [1.54, 1.807) is 23.7 Å². The van der Waals surface area contributed by atoms with Gasteiger partial charge in [-0.15, -0.1) is 11.3 Å². The Morgan fingerprint density at radius 1 is 1.13 bits per heavy atom. The lowest BCUT2D eigenvalue weighted by Gasteiger charge is -2.14. The molecule has 0 radical (unpaired) electrons. The average Bonchev–Trinajstić information content (AvgIpc) is 3.45. The van der Waals surface area contributed by atoms with Crippen molar-refractivity contribution in [2.75, 3.05) is 18.4 Å². The average molecular weight is 441 g/mol. The molecule has 164 valence electrons. The molecular weight excluding hydrogens is 412 g/mol. The quantitative estimate of drug-likeness (QED) is 0.327. The number of guanidine groups is 1. The van der Waals surface area contributed by atoms with Crippen LogP contribution in [0, 0.1) is 0 Å². The number of amides is 1. The van der Waals surface area contributed by atoms with Crippen LogP contribution in [0.3, 0.4) is 0 Å². The van der Waals surface area contributed by atoms with Gasteiger partial charge in [0.2, 0.25) is 5.91 Å². The van der Waals surface area contributed by atoms with E-state index in [0.717, 1.165) is 17.9 Å². The Labute approximate surface area is 186 Å². The molecule has 0 saturated carbocycles. The van der Waals surface area contributed by atoms with Gasteiger partial charge < -0.3 is 25.1 Å². The summed E-state index contributed by atoms with van der Waals surface area (Å²) in [6, 6.07) is 15.4. The van der Waals surface area contributed by atoms with Crippen LogP contribution in [0.4, 0.5) is 5.69 Å². The first-order chi connectivity index (χ1) is 15.1. The predicted octanol–water partition coefficient (Wildman–Crippen LogP) is 4.04. The molecule has 3 N–H and O–H groups in total. The first kappa shape index (κ1) is 22.4. The third kappa shape index (κ3) is 8.18. The van der Waals surface area contributed by atoms with E-state index < -0.39 is 0 Å². The molecule has 0 saturated heterocycles. The minimum absolute atomic E-state index is 0.00356. The third-order valence-corrected chi connectivity index (χ3v) is 5.09. The summed E-state index contributed by atoms with van der Waals surface area (Å²) in [5, 5.41) is 11.4. The lowest BCUT2D eigenvalue weighted by molar-refractivity contribution is -0.119. The summed E-state index contributed by atoms with van der Waals surface area (Å²) in [5.41, 5.74) is 0.856. The standard InChI is InChI=1S/C23H28N4O3S/c1-17(2)30-19-9-7-18(8-10-19)27-23(24-12-11-21-6-4-14-31-21)26-16-22(28)25-15-20-5-3-13-29-20/h3-10,13-14,17H,11-12,15-16H2,1-2H3,(H,25,28)(H2,24,26,27). The van der Waals surface area contributed by atoms with Crippen molar-refractivity contribution < 1.29 is 13.9 Å². The zero-order chi connectivity index (χ0) is 21.9. The molecule has 0 unspecified atom stereocenters. The number of furan rings is 1. The van der Waals surface area contributed by atoms with Crippen molar-refractivity contribution in [3.8, 4) is 5.75 Å². The molecule has 0 aliphatic rings. The fraction of sp³-hybridized carbons (Fsp3) is 0.304. The Morgan fingerprint density at radius 2 is 1.97 bits per heavy atom. The Balaban J connectivity index is 1.57. The van der Waals surface area contributed by atoms with Crippen molar-refractivity contribution in [3.05, 3.63) is 70.8 Å². The maximum absolute atomic E-state index is 12.2. The van der Waals surface area contributed by atoms with Gasteiger partial charge in [-0.05, 0) is 68.1 Å². The molecular formula is C23H28N4O3S. The topological polar surface area (TPSA) is 87.9 Å². The van der Waals surface area contributed by atoms with Crippen LogP contribution in [0.15, 0.2) is 69.6 Å². The van der Waals surface area contributed by atoms with Gasteiger partial charge >= 0.3 is 0 Å². The summed E-state index contributed by atoms with van der Waals surface area (Å²) in [6.07, 6.45) is 2.58. The molecule has 3 rings (SSSR count). The number of rotatable bonds is 10. The van der Waals surface area contributed by atoms with Crippen LogP contribution in [-0.4, -0.2) is 31.1 Å². The highest BCUT2D eigenvalue weighted by Gasteiger charge is 2.06. The van der Waals surface area contributed by atoms with Crippen LogP contribution in [0.5, 0.6) is 5.75 Å². The summed E-state index contributed by atoms with van der Waals surface area (Å²) < 4.78 is 10.9. The van der Waals surface area contributed by atoms with E-state index in [9.17, 15) is 4.79 Å². The Bertz CT molecular complexity index is 936. The van der Waals surface area contributed by atoms with Crippen molar-refractivity contribution in [1.82, 2.24) is 10.6 Å². The van der Waals surface area contributed by atoms with Crippen molar-refractivity contribution in [2.45, 2.75) is 32.9 Å². The van der Waals surface area contributed by atoms with Gasteiger partial charge in [0.15, 0.2) is 5.96 Å². The molecule has 1 amide bonds. The molecule has 31 heavy (non-hydrogen) atoms. The molecule has 2 heterocycles.